The summed E-state index contributed by atoms with van der Waals surface area (Å²) in [5.74, 6) is 3.25. The predicted molar refractivity (Wildman–Crippen MR) is 81.8 cm³/mol. The van der Waals surface area contributed by atoms with Gasteiger partial charge in [-0.05, 0) is 69.7 Å². The molecule has 5 atom stereocenters. The van der Waals surface area contributed by atoms with E-state index in [4.69, 9.17) is 0 Å². The first-order valence-corrected chi connectivity index (χ1v) is 8.24. The van der Waals surface area contributed by atoms with Crippen LogP contribution in [0.15, 0.2) is 0 Å². The predicted octanol–water partition coefficient (Wildman–Crippen LogP) is 3.06. The molecule has 2 aliphatic heterocycles. The van der Waals surface area contributed by atoms with E-state index in [0.29, 0.717) is 0 Å². The van der Waals surface area contributed by atoms with Crippen molar-refractivity contribution < 1.29 is 0 Å². The number of fused-ring (bicyclic) bond motifs is 4. The number of piperidine rings is 1. The molecule has 1 N–H and O–H groups in total. The van der Waals surface area contributed by atoms with E-state index in [-0.39, 0.29) is 12.4 Å². The zero-order valence-corrected chi connectivity index (χ0v) is 13.0. The van der Waals surface area contributed by atoms with Crippen molar-refractivity contribution in [2.75, 3.05) is 13.6 Å². The van der Waals surface area contributed by atoms with Crippen LogP contribution >= 0.6 is 12.4 Å². The van der Waals surface area contributed by atoms with Crippen molar-refractivity contribution in [3.8, 4) is 0 Å². The highest BCUT2D eigenvalue weighted by Gasteiger charge is 2.41. The van der Waals surface area contributed by atoms with Gasteiger partial charge in [0.2, 0.25) is 0 Å². The van der Waals surface area contributed by atoms with Gasteiger partial charge in [0.25, 0.3) is 0 Å². The van der Waals surface area contributed by atoms with Crippen LogP contribution < -0.4 is 5.32 Å². The molecule has 0 spiro atoms. The molecule has 3 heteroatoms. The Bertz CT molecular complexity index is 310. The van der Waals surface area contributed by atoms with Crippen molar-refractivity contribution in [3.63, 3.8) is 0 Å². The molecular weight excluding hydrogens is 256 g/mol. The van der Waals surface area contributed by atoms with Crippen molar-refractivity contribution >= 4 is 12.4 Å². The smallest absolute Gasteiger partial charge is 0.0122 e. The molecule has 2 heterocycles. The molecule has 110 valence electrons. The molecule has 4 fully saturated rings. The van der Waals surface area contributed by atoms with Crippen LogP contribution in [0.3, 0.4) is 0 Å². The summed E-state index contributed by atoms with van der Waals surface area (Å²) in [6.07, 6.45) is 11.9. The van der Waals surface area contributed by atoms with Crippen LogP contribution in [0, 0.1) is 17.8 Å². The summed E-state index contributed by atoms with van der Waals surface area (Å²) in [7, 11) is 2.40. The van der Waals surface area contributed by atoms with Gasteiger partial charge in [-0.3, -0.25) is 0 Å². The van der Waals surface area contributed by atoms with Gasteiger partial charge in [0.05, 0.1) is 0 Å². The minimum Gasteiger partial charge on any atom is -0.311 e. The maximum Gasteiger partial charge on any atom is 0.0122 e. The third kappa shape index (κ3) is 2.69. The third-order valence-electron chi connectivity index (χ3n) is 6.48. The maximum atomic E-state index is 3.77. The minimum absolute atomic E-state index is 0. The summed E-state index contributed by atoms with van der Waals surface area (Å²) >= 11 is 0. The Kier molecular flexibility index (Phi) is 4.13. The number of hydrogen-bond donors (Lipinski definition) is 1. The van der Waals surface area contributed by atoms with Gasteiger partial charge in [-0.2, -0.15) is 0 Å². The summed E-state index contributed by atoms with van der Waals surface area (Å²) in [6.45, 7) is 1.39. The second kappa shape index (κ2) is 5.54. The first-order chi connectivity index (χ1) is 8.78. The number of nitrogens with one attached hydrogen (secondary N) is 1. The molecule has 4 aliphatic rings. The van der Waals surface area contributed by atoms with Crippen LogP contribution in [0.25, 0.3) is 0 Å². The average Bonchev–Trinajstić information content (AvgIpc) is 3.05. The quantitative estimate of drug-likeness (QED) is 0.857. The Morgan fingerprint density at radius 3 is 2.26 bits per heavy atom. The third-order valence-corrected chi connectivity index (χ3v) is 6.48. The van der Waals surface area contributed by atoms with Crippen LogP contribution in [0.1, 0.15) is 51.4 Å². The Balaban J connectivity index is 0.00000110. The van der Waals surface area contributed by atoms with E-state index >= 15 is 0 Å². The Hall–Kier alpha value is 0.210. The molecule has 2 nitrogen and oxygen atoms in total. The highest BCUT2D eigenvalue weighted by atomic mass is 35.5. The summed E-state index contributed by atoms with van der Waals surface area (Å²) in [4.78, 5) is 2.73. The molecule has 0 radical (unpaired) electrons. The molecule has 4 rings (SSSR count). The van der Waals surface area contributed by atoms with Crippen molar-refractivity contribution in [3.05, 3.63) is 0 Å². The second-order valence-electron chi connectivity index (χ2n) is 7.64. The van der Waals surface area contributed by atoms with E-state index in [9.17, 15) is 0 Å². The first-order valence-electron chi connectivity index (χ1n) is 8.24. The highest BCUT2D eigenvalue weighted by Crippen LogP contribution is 2.48. The largest absolute Gasteiger partial charge is 0.311 e. The van der Waals surface area contributed by atoms with Gasteiger partial charge >= 0.3 is 0 Å². The molecule has 0 aromatic rings. The van der Waals surface area contributed by atoms with Gasteiger partial charge in [0.15, 0.2) is 0 Å². The molecule has 4 bridgehead atoms. The van der Waals surface area contributed by atoms with E-state index in [1.54, 1.807) is 25.7 Å². The van der Waals surface area contributed by atoms with Gasteiger partial charge in [0.1, 0.15) is 0 Å². The lowest BCUT2D eigenvalue weighted by Crippen LogP contribution is -2.48. The van der Waals surface area contributed by atoms with Crippen LogP contribution in [-0.4, -0.2) is 36.6 Å². The van der Waals surface area contributed by atoms with Crippen molar-refractivity contribution in [2.45, 2.75) is 69.5 Å². The van der Waals surface area contributed by atoms with Crippen molar-refractivity contribution in [2.24, 2.45) is 17.8 Å². The molecule has 5 unspecified atom stereocenters. The van der Waals surface area contributed by atoms with Gasteiger partial charge in [0, 0.05) is 24.7 Å². The summed E-state index contributed by atoms with van der Waals surface area (Å²) < 4.78 is 0. The van der Waals surface area contributed by atoms with Crippen LogP contribution in [-0.2, 0) is 0 Å². The van der Waals surface area contributed by atoms with Crippen LogP contribution in [0.2, 0.25) is 0 Å². The highest BCUT2D eigenvalue weighted by molar-refractivity contribution is 5.85. The number of nitrogens with zero attached hydrogens (tertiary/aromatic N) is 1. The molecule has 19 heavy (non-hydrogen) atoms. The number of rotatable bonds is 3. The van der Waals surface area contributed by atoms with Gasteiger partial charge in [-0.1, -0.05) is 6.42 Å². The lowest BCUT2D eigenvalue weighted by molar-refractivity contribution is 0.132. The summed E-state index contributed by atoms with van der Waals surface area (Å²) in [6, 6.07) is 2.57. The molecular formula is C16H29ClN2. The normalized spacial score (nSPS) is 47.7. The van der Waals surface area contributed by atoms with Gasteiger partial charge in [-0.15, -0.1) is 12.4 Å². The molecule has 2 saturated heterocycles. The Labute approximate surface area is 124 Å². The number of hydrogen-bond acceptors (Lipinski definition) is 2. The fourth-order valence-corrected chi connectivity index (χ4v) is 5.51. The molecule has 0 amide bonds. The molecule has 2 aliphatic carbocycles. The maximum absolute atomic E-state index is 3.77. The van der Waals surface area contributed by atoms with E-state index in [1.165, 1.54) is 32.2 Å². The Morgan fingerprint density at radius 1 is 0.947 bits per heavy atom. The van der Waals surface area contributed by atoms with Crippen LogP contribution in [0.4, 0.5) is 0 Å². The summed E-state index contributed by atoms with van der Waals surface area (Å²) in [5.41, 5.74) is 0. The monoisotopic (exact) mass is 284 g/mol. The van der Waals surface area contributed by atoms with E-state index in [2.05, 4.69) is 17.3 Å². The first kappa shape index (κ1) is 14.2. The van der Waals surface area contributed by atoms with Gasteiger partial charge < -0.3 is 10.2 Å². The lowest BCUT2D eigenvalue weighted by Gasteiger charge is -2.38. The van der Waals surface area contributed by atoms with E-state index in [0.717, 1.165) is 35.9 Å². The zero-order chi connectivity index (χ0) is 12.1. The lowest BCUT2D eigenvalue weighted by atomic mass is 9.87. The molecule has 0 aromatic heterocycles. The average molecular weight is 285 g/mol. The summed E-state index contributed by atoms with van der Waals surface area (Å²) in [5, 5.41) is 3.77. The van der Waals surface area contributed by atoms with E-state index < -0.39 is 0 Å². The van der Waals surface area contributed by atoms with E-state index in [1.807, 2.05) is 0 Å². The molecule has 0 aromatic carbocycles. The Morgan fingerprint density at radius 2 is 1.68 bits per heavy atom. The zero-order valence-electron chi connectivity index (χ0n) is 12.2. The fourth-order valence-electron chi connectivity index (χ4n) is 5.51. The fraction of sp³-hybridized carbons (Fsp3) is 1.00. The second-order valence-corrected chi connectivity index (χ2v) is 7.64. The standard InChI is InChI=1S/C16H28N2.ClH/c1-18(10-13-7-11-2-3-12(13)6-11)16-8-14-4-5-15(9-16)17-14;/h11-17H,2-10H2,1H3;1H. The minimum atomic E-state index is 0. The SMILES string of the molecule is CN(CC1CC2CCC1C2)C1CC2CCC(C1)N2.Cl. The van der Waals surface area contributed by atoms with Crippen molar-refractivity contribution in [1.29, 1.82) is 0 Å². The topological polar surface area (TPSA) is 15.3 Å². The molecule has 2 saturated carbocycles. The van der Waals surface area contributed by atoms with Gasteiger partial charge in [-0.25, -0.2) is 0 Å². The number of halogens is 1. The van der Waals surface area contributed by atoms with Crippen molar-refractivity contribution in [1.82, 2.24) is 10.2 Å². The van der Waals surface area contributed by atoms with Crippen LogP contribution in [0.5, 0.6) is 0 Å².